The van der Waals surface area contributed by atoms with Crippen LogP contribution in [0.15, 0.2) is 41.4 Å². The van der Waals surface area contributed by atoms with Gasteiger partial charge in [-0.1, -0.05) is 18.2 Å². The Bertz CT molecular complexity index is 909. The number of rotatable bonds is 7. The molecule has 11 heteroatoms. The van der Waals surface area contributed by atoms with Crippen molar-refractivity contribution in [3.63, 3.8) is 0 Å². The Kier molecular flexibility index (Phi) is 10.3. The van der Waals surface area contributed by atoms with Gasteiger partial charge in [0.25, 0.3) is 0 Å². The minimum atomic E-state index is -1.82. The second-order valence-electron chi connectivity index (χ2n) is 5.75. The maximum Gasteiger partial charge on any atom is 0.414 e. The lowest BCUT2D eigenvalue weighted by Gasteiger charge is -2.21. The number of aliphatic hydroxyl groups excluding tert-OH is 1. The smallest absolute Gasteiger partial charge is 0.414 e. The standard InChI is InChI=1S/C17H18FN3O2S.C2H2O4/c1-23-17-7-15(11(8-19)9-21-17)24-16(6-12(20)10-22)13-4-2-3-5-14(13)18;3-1(4)2(5)6/h2-5,7,9,12,16,22H,6,10,20H2,1H3;(H,3,4)(H,5,6)/t12-,16+;/m0./s1. The molecule has 0 unspecified atom stereocenters. The molecule has 1 aromatic carbocycles. The number of methoxy groups -OCH3 is 1. The second kappa shape index (κ2) is 12.4. The molecule has 2 atom stereocenters. The van der Waals surface area contributed by atoms with Crippen molar-refractivity contribution >= 4 is 23.7 Å². The Labute approximate surface area is 175 Å². The summed E-state index contributed by atoms with van der Waals surface area (Å²) in [6, 6.07) is 9.64. The van der Waals surface area contributed by atoms with Gasteiger partial charge in [-0.3, -0.25) is 0 Å². The number of carboxylic acids is 2. The summed E-state index contributed by atoms with van der Waals surface area (Å²) in [4.78, 5) is 22.8. The SMILES string of the molecule is COc1cc(S[C@H](C[C@H](N)CO)c2ccccc2F)c(C#N)cn1.O=C(O)C(=O)O. The molecule has 5 N–H and O–H groups in total. The molecule has 0 aliphatic heterocycles. The highest BCUT2D eigenvalue weighted by atomic mass is 32.2. The van der Waals surface area contributed by atoms with Gasteiger partial charge in [-0.05, 0) is 12.5 Å². The van der Waals surface area contributed by atoms with Crippen molar-refractivity contribution in [2.24, 2.45) is 5.73 Å². The Morgan fingerprint density at radius 1 is 1.33 bits per heavy atom. The van der Waals surface area contributed by atoms with Gasteiger partial charge >= 0.3 is 11.9 Å². The number of hydrogen-bond donors (Lipinski definition) is 4. The highest BCUT2D eigenvalue weighted by Crippen LogP contribution is 2.41. The van der Waals surface area contributed by atoms with Gasteiger partial charge in [0, 0.05) is 34.0 Å². The minimum absolute atomic E-state index is 0.198. The molecule has 0 amide bonds. The van der Waals surface area contributed by atoms with Crippen LogP contribution in [-0.2, 0) is 9.59 Å². The number of aliphatic carboxylic acids is 2. The summed E-state index contributed by atoms with van der Waals surface area (Å²) in [5.74, 6) is -3.63. The molecule has 2 aromatic rings. The third-order valence-corrected chi connectivity index (χ3v) is 4.95. The van der Waals surface area contributed by atoms with E-state index >= 15 is 0 Å². The normalized spacial score (nSPS) is 12.0. The van der Waals surface area contributed by atoms with E-state index in [1.165, 1.54) is 31.1 Å². The van der Waals surface area contributed by atoms with Crippen molar-refractivity contribution in [1.82, 2.24) is 4.98 Å². The molecule has 0 fully saturated rings. The summed E-state index contributed by atoms with van der Waals surface area (Å²) < 4.78 is 19.3. The first-order valence-corrected chi connectivity index (χ1v) is 9.29. The van der Waals surface area contributed by atoms with Crippen LogP contribution in [0, 0.1) is 17.1 Å². The third-order valence-electron chi connectivity index (χ3n) is 3.63. The van der Waals surface area contributed by atoms with Crippen molar-refractivity contribution in [2.75, 3.05) is 13.7 Å². The molecule has 160 valence electrons. The zero-order chi connectivity index (χ0) is 22.7. The largest absolute Gasteiger partial charge is 0.481 e. The Morgan fingerprint density at radius 2 is 1.97 bits per heavy atom. The number of nitrogens with zero attached hydrogens (tertiary/aromatic N) is 2. The number of benzene rings is 1. The van der Waals surface area contributed by atoms with Gasteiger partial charge in [0.05, 0.1) is 19.3 Å². The van der Waals surface area contributed by atoms with E-state index in [-0.39, 0.29) is 17.7 Å². The van der Waals surface area contributed by atoms with Crippen LogP contribution < -0.4 is 10.5 Å². The number of halogens is 1. The van der Waals surface area contributed by atoms with Crippen LogP contribution in [0.3, 0.4) is 0 Å². The number of ether oxygens (including phenoxy) is 1. The topological polar surface area (TPSA) is 167 Å². The lowest BCUT2D eigenvalue weighted by Crippen LogP contribution is -2.26. The van der Waals surface area contributed by atoms with Crippen molar-refractivity contribution in [3.8, 4) is 11.9 Å². The molecule has 0 saturated carbocycles. The summed E-state index contributed by atoms with van der Waals surface area (Å²) in [5, 5.41) is 32.9. The van der Waals surface area contributed by atoms with Crippen molar-refractivity contribution in [1.29, 1.82) is 5.26 Å². The summed E-state index contributed by atoms with van der Waals surface area (Å²) in [6.07, 6.45) is 1.78. The first-order chi connectivity index (χ1) is 14.2. The number of aromatic nitrogens is 1. The molecule has 2 rings (SSSR count). The first-order valence-electron chi connectivity index (χ1n) is 8.41. The molecule has 0 radical (unpaired) electrons. The zero-order valence-corrected chi connectivity index (χ0v) is 16.7. The average Bonchev–Trinajstić information content (AvgIpc) is 2.73. The number of carboxylic acid groups (broad SMARTS) is 2. The van der Waals surface area contributed by atoms with E-state index in [1.807, 2.05) is 0 Å². The van der Waals surface area contributed by atoms with E-state index in [2.05, 4.69) is 11.1 Å². The Hall–Kier alpha value is -3.20. The molecule has 0 aliphatic carbocycles. The molecular weight excluding hydrogens is 417 g/mol. The first kappa shape index (κ1) is 24.8. The number of pyridine rings is 1. The number of hydrogen-bond acceptors (Lipinski definition) is 8. The van der Waals surface area contributed by atoms with Crippen LogP contribution in [0.1, 0.15) is 22.8 Å². The summed E-state index contributed by atoms with van der Waals surface area (Å²) in [7, 11) is 1.48. The fourth-order valence-electron chi connectivity index (χ4n) is 2.19. The molecular formula is C19H20FN3O6S. The average molecular weight is 437 g/mol. The van der Waals surface area contributed by atoms with Crippen LogP contribution >= 0.6 is 11.8 Å². The highest BCUT2D eigenvalue weighted by molar-refractivity contribution is 7.99. The molecule has 30 heavy (non-hydrogen) atoms. The van der Waals surface area contributed by atoms with Gasteiger partial charge in [0.2, 0.25) is 5.88 Å². The Balaban J connectivity index is 0.000000656. The van der Waals surface area contributed by atoms with Crippen molar-refractivity contribution in [3.05, 3.63) is 53.5 Å². The molecule has 0 saturated heterocycles. The van der Waals surface area contributed by atoms with E-state index < -0.39 is 18.0 Å². The zero-order valence-electron chi connectivity index (χ0n) is 15.9. The monoisotopic (exact) mass is 437 g/mol. The fourth-order valence-corrected chi connectivity index (χ4v) is 3.55. The van der Waals surface area contributed by atoms with E-state index in [0.717, 1.165) is 0 Å². The van der Waals surface area contributed by atoms with Crippen LogP contribution in [0.2, 0.25) is 0 Å². The maximum atomic E-state index is 14.2. The third kappa shape index (κ3) is 7.67. The van der Waals surface area contributed by atoms with E-state index in [1.54, 1.807) is 24.3 Å². The molecule has 0 spiro atoms. The summed E-state index contributed by atoms with van der Waals surface area (Å²) in [6.45, 7) is -0.198. The number of thioether (sulfide) groups is 1. The van der Waals surface area contributed by atoms with Gasteiger partial charge in [-0.2, -0.15) is 5.26 Å². The van der Waals surface area contributed by atoms with Gasteiger partial charge in [-0.15, -0.1) is 11.8 Å². The Morgan fingerprint density at radius 3 is 2.47 bits per heavy atom. The van der Waals surface area contributed by atoms with E-state index in [9.17, 15) is 14.8 Å². The molecule has 0 aliphatic rings. The minimum Gasteiger partial charge on any atom is -0.481 e. The molecule has 0 bridgehead atoms. The number of nitriles is 1. The van der Waals surface area contributed by atoms with Crippen LogP contribution in [0.4, 0.5) is 4.39 Å². The van der Waals surface area contributed by atoms with Crippen LogP contribution in [-0.4, -0.2) is 52.0 Å². The second-order valence-corrected chi connectivity index (χ2v) is 7.00. The fraction of sp³-hybridized carbons (Fsp3) is 0.263. The van der Waals surface area contributed by atoms with Gasteiger partial charge in [0.1, 0.15) is 11.9 Å². The molecule has 1 aromatic heterocycles. The van der Waals surface area contributed by atoms with Crippen molar-refractivity contribution in [2.45, 2.75) is 22.6 Å². The maximum absolute atomic E-state index is 14.2. The number of carbonyl (C=O) groups is 2. The van der Waals surface area contributed by atoms with Gasteiger partial charge < -0.3 is 25.8 Å². The predicted octanol–water partition coefficient (Wildman–Crippen LogP) is 1.80. The van der Waals surface area contributed by atoms with Crippen molar-refractivity contribution < 1.29 is 34.0 Å². The molecule has 9 nitrogen and oxygen atoms in total. The van der Waals surface area contributed by atoms with E-state index in [4.69, 9.17) is 30.3 Å². The lowest BCUT2D eigenvalue weighted by atomic mass is 10.0. The highest BCUT2D eigenvalue weighted by Gasteiger charge is 2.22. The van der Waals surface area contributed by atoms with Crippen LogP contribution in [0.5, 0.6) is 5.88 Å². The number of aliphatic hydroxyl groups is 1. The quantitative estimate of drug-likeness (QED) is 0.370. The van der Waals surface area contributed by atoms with Gasteiger partial charge in [0.15, 0.2) is 0 Å². The lowest BCUT2D eigenvalue weighted by molar-refractivity contribution is -0.159. The summed E-state index contributed by atoms with van der Waals surface area (Å²) in [5.41, 5.74) is 6.71. The predicted molar refractivity (Wildman–Crippen MR) is 105 cm³/mol. The van der Waals surface area contributed by atoms with Crippen LogP contribution in [0.25, 0.3) is 0 Å². The summed E-state index contributed by atoms with van der Waals surface area (Å²) >= 11 is 1.31. The van der Waals surface area contributed by atoms with Gasteiger partial charge in [-0.25, -0.2) is 19.0 Å². The molecule has 1 heterocycles. The number of nitrogens with two attached hydrogens (primary N) is 1. The van der Waals surface area contributed by atoms with E-state index in [0.29, 0.717) is 28.3 Å².